The van der Waals surface area contributed by atoms with Gasteiger partial charge in [0.15, 0.2) is 27.9 Å². The van der Waals surface area contributed by atoms with E-state index in [0.29, 0.717) is 42.4 Å². The summed E-state index contributed by atoms with van der Waals surface area (Å²) in [6.07, 6.45) is 4.94. The second-order valence-corrected chi connectivity index (χ2v) is 10.9. The van der Waals surface area contributed by atoms with Crippen LogP contribution in [-0.4, -0.2) is 67.4 Å². The van der Waals surface area contributed by atoms with E-state index < -0.39 is 34.4 Å². The van der Waals surface area contributed by atoms with Crippen LogP contribution in [0.25, 0.3) is 23.0 Å². The SMILES string of the molecule is O=C(COC(=O)/C=C/c1cn(-c2ccccc2)nc1-c1ccc2c(c1)OCCO2)N[C@H]1CCS(=O)(=O)C1. The monoisotopic (exact) mass is 523 g/mol. The Morgan fingerprint density at radius 3 is 2.65 bits per heavy atom. The zero-order chi connectivity index (χ0) is 25.8. The number of rotatable bonds is 7. The van der Waals surface area contributed by atoms with Crippen molar-refractivity contribution in [1.82, 2.24) is 15.1 Å². The molecule has 192 valence electrons. The first-order chi connectivity index (χ1) is 17.9. The van der Waals surface area contributed by atoms with Gasteiger partial charge in [-0.2, -0.15) is 5.10 Å². The Kier molecular flexibility index (Phi) is 6.95. The number of nitrogens with one attached hydrogen (secondary N) is 1. The third kappa shape index (κ3) is 6.00. The predicted octanol–water partition coefficient (Wildman–Crippen LogP) is 2.17. The van der Waals surface area contributed by atoms with E-state index in [0.717, 1.165) is 11.3 Å². The summed E-state index contributed by atoms with van der Waals surface area (Å²) in [7, 11) is -3.12. The van der Waals surface area contributed by atoms with Crippen molar-refractivity contribution in [2.75, 3.05) is 31.3 Å². The molecule has 3 aromatic rings. The molecule has 1 aromatic heterocycles. The lowest BCUT2D eigenvalue weighted by atomic mass is 10.1. The summed E-state index contributed by atoms with van der Waals surface area (Å²) in [4.78, 5) is 24.4. The molecule has 11 heteroatoms. The Morgan fingerprint density at radius 1 is 1.11 bits per heavy atom. The minimum absolute atomic E-state index is 0.0445. The van der Waals surface area contributed by atoms with Crippen molar-refractivity contribution in [3.05, 3.63) is 66.4 Å². The molecule has 0 unspecified atom stereocenters. The first-order valence-corrected chi connectivity index (χ1v) is 13.6. The van der Waals surface area contributed by atoms with Crippen molar-refractivity contribution in [1.29, 1.82) is 0 Å². The normalized spacial score (nSPS) is 18.0. The average Bonchev–Trinajstić information content (AvgIpc) is 3.49. The Labute approximate surface area is 213 Å². The number of benzene rings is 2. The number of aromatic nitrogens is 2. The number of carbonyl (C=O) groups excluding carboxylic acids is 2. The van der Waals surface area contributed by atoms with Crippen molar-refractivity contribution in [2.45, 2.75) is 12.5 Å². The maximum absolute atomic E-state index is 12.3. The van der Waals surface area contributed by atoms with Gasteiger partial charge in [0.05, 0.1) is 17.2 Å². The molecule has 2 aliphatic heterocycles. The largest absolute Gasteiger partial charge is 0.486 e. The fourth-order valence-corrected chi connectivity index (χ4v) is 5.83. The van der Waals surface area contributed by atoms with Crippen molar-refractivity contribution >= 4 is 27.8 Å². The molecule has 1 fully saturated rings. The molecule has 3 heterocycles. The number of para-hydroxylation sites is 1. The van der Waals surface area contributed by atoms with Gasteiger partial charge in [-0.1, -0.05) is 18.2 Å². The lowest BCUT2D eigenvalue weighted by Gasteiger charge is -2.18. The molecular formula is C26H25N3O7S. The Hall–Kier alpha value is -4.12. The van der Waals surface area contributed by atoms with Gasteiger partial charge in [0.25, 0.3) is 5.91 Å². The molecule has 1 N–H and O–H groups in total. The number of nitrogens with zero attached hydrogens (tertiary/aromatic N) is 2. The number of amides is 1. The number of ether oxygens (including phenoxy) is 3. The van der Waals surface area contributed by atoms with Crippen LogP contribution in [-0.2, 0) is 24.2 Å². The van der Waals surface area contributed by atoms with E-state index in [4.69, 9.17) is 19.3 Å². The van der Waals surface area contributed by atoms with Gasteiger partial charge in [0.1, 0.15) is 18.9 Å². The zero-order valence-corrected chi connectivity index (χ0v) is 20.6. The Bertz CT molecular complexity index is 1450. The van der Waals surface area contributed by atoms with Gasteiger partial charge in [-0.15, -0.1) is 0 Å². The van der Waals surface area contributed by atoms with Crippen LogP contribution >= 0.6 is 0 Å². The lowest BCUT2D eigenvalue weighted by molar-refractivity contribution is -0.143. The molecule has 1 saturated heterocycles. The van der Waals surface area contributed by atoms with Crippen molar-refractivity contribution in [3.8, 4) is 28.4 Å². The van der Waals surface area contributed by atoms with E-state index in [1.54, 1.807) is 17.0 Å². The summed E-state index contributed by atoms with van der Waals surface area (Å²) in [6.45, 7) is 0.443. The van der Waals surface area contributed by atoms with Crippen LogP contribution in [0.2, 0.25) is 0 Å². The molecule has 1 atom stereocenters. The first-order valence-electron chi connectivity index (χ1n) is 11.8. The molecule has 0 spiro atoms. The van der Waals surface area contributed by atoms with Crippen LogP contribution in [0.4, 0.5) is 0 Å². The highest BCUT2D eigenvalue weighted by molar-refractivity contribution is 7.91. The Balaban J connectivity index is 1.31. The van der Waals surface area contributed by atoms with Gasteiger partial charge >= 0.3 is 5.97 Å². The molecular weight excluding hydrogens is 498 g/mol. The smallest absolute Gasteiger partial charge is 0.331 e. The third-order valence-corrected chi connectivity index (χ3v) is 7.69. The van der Waals surface area contributed by atoms with E-state index in [9.17, 15) is 18.0 Å². The van der Waals surface area contributed by atoms with E-state index in [2.05, 4.69) is 5.32 Å². The average molecular weight is 524 g/mol. The van der Waals surface area contributed by atoms with Gasteiger partial charge in [-0.05, 0) is 42.8 Å². The van der Waals surface area contributed by atoms with Crippen LogP contribution in [0.15, 0.2) is 60.8 Å². The van der Waals surface area contributed by atoms with Crippen LogP contribution in [0.3, 0.4) is 0 Å². The minimum atomic E-state index is -3.12. The number of esters is 1. The van der Waals surface area contributed by atoms with E-state index >= 15 is 0 Å². The molecule has 0 bridgehead atoms. The minimum Gasteiger partial charge on any atom is -0.486 e. The molecule has 10 nitrogen and oxygen atoms in total. The third-order valence-electron chi connectivity index (χ3n) is 5.92. The van der Waals surface area contributed by atoms with Gasteiger partial charge in [0.2, 0.25) is 0 Å². The zero-order valence-electron chi connectivity index (χ0n) is 19.8. The van der Waals surface area contributed by atoms with E-state index in [1.165, 1.54) is 6.08 Å². The van der Waals surface area contributed by atoms with Gasteiger partial charge < -0.3 is 19.5 Å². The topological polar surface area (TPSA) is 126 Å². The molecule has 1 amide bonds. The molecule has 37 heavy (non-hydrogen) atoms. The molecule has 0 aliphatic carbocycles. The number of hydrogen-bond acceptors (Lipinski definition) is 8. The Morgan fingerprint density at radius 2 is 1.89 bits per heavy atom. The molecule has 2 aliphatic rings. The summed E-state index contributed by atoms with van der Waals surface area (Å²) in [6, 6.07) is 14.6. The highest BCUT2D eigenvalue weighted by Crippen LogP contribution is 2.35. The van der Waals surface area contributed by atoms with Gasteiger partial charge in [0, 0.05) is 29.4 Å². The summed E-state index contributed by atoms with van der Waals surface area (Å²) < 4.78 is 41.1. The van der Waals surface area contributed by atoms with Crippen LogP contribution in [0, 0.1) is 0 Å². The summed E-state index contributed by atoms with van der Waals surface area (Å²) in [5, 5.41) is 7.31. The molecule has 5 rings (SSSR count). The molecule has 2 aromatic carbocycles. The number of carbonyl (C=O) groups is 2. The van der Waals surface area contributed by atoms with Gasteiger partial charge in [-0.3, -0.25) is 4.79 Å². The van der Waals surface area contributed by atoms with Crippen LogP contribution in [0.1, 0.15) is 12.0 Å². The summed E-state index contributed by atoms with van der Waals surface area (Å²) in [5.74, 6) is -0.0312. The highest BCUT2D eigenvalue weighted by atomic mass is 32.2. The quantitative estimate of drug-likeness (QED) is 0.369. The van der Waals surface area contributed by atoms with Gasteiger partial charge in [-0.25, -0.2) is 17.9 Å². The highest BCUT2D eigenvalue weighted by Gasteiger charge is 2.29. The number of hydrogen-bond donors (Lipinski definition) is 1. The summed E-state index contributed by atoms with van der Waals surface area (Å²) >= 11 is 0. The standard InChI is InChI=1S/C26H25N3O7S/c30-24(27-20-10-13-37(32,33)17-20)16-36-25(31)9-7-19-15-29(21-4-2-1-3-5-21)28-26(19)18-6-8-22-23(14-18)35-12-11-34-22/h1-9,14-15,20H,10-13,16-17H2,(H,27,30)/b9-7+/t20-/m0/s1. The second kappa shape index (κ2) is 10.5. The van der Waals surface area contributed by atoms with Crippen LogP contribution in [0.5, 0.6) is 11.5 Å². The second-order valence-electron chi connectivity index (χ2n) is 8.68. The van der Waals surface area contributed by atoms with Crippen LogP contribution < -0.4 is 14.8 Å². The summed E-state index contributed by atoms with van der Waals surface area (Å²) in [5.41, 5.74) is 2.88. The van der Waals surface area contributed by atoms with Crippen molar-refractivity contribution < 1.29 is 32.2 Å². The number of sulfone groups is 1. The number of fused-ring (bicyclic) bond motifs is 1. The first kappa shape index (κ1) is 24.6. The van der Waals surface area contributed by atoms with E-state index in [-0.39, 0.29) is 11.5 Å². The van der Waals surface area contributed by atoms with Crippen molar-refractivity contribution in [2.24, 2.45) is 0 Å². The fourth-order valence-electron chi connectivity index (χ4n) is 4.16. The fraction of sp³-hybridized carbons (Fsp3) is 0.269. The maximum atomic E-state index is 12.3. The van der Waals surface area contributed by atoms with Crippen molar-refractivity contribution in [3.63, 3.8) is 0 Å². The maximum Gasteiger partial charge on any atom is 0.331 e. The molecule has 0 radical (unpaired) electrons. The predicted molar refractivity (Wildman–Crippen MR) is 135 cm³/mol. The molecule has 0 saturated carbocycles. The lowest BCUT2D eigenvalue weighted by Crippen LogP contribution is -2.38. The van der Waals surface area contributed by atoms with E-state index in [1.807, 2.05) is 48.5 Å².